The minimum atomic E-state index is -0.00667. The first-order valence-electron chi connectivity index (χ1n) is 6.42. The Morgan fingerprint density at radius 1 is 1.29 bits per heavy atom. The third kappa shape index (κ3) is 4.08. The summed E-state index contributed by atoms with van der Waals surface area (Å²) in [6.45, 7) is 3.24. The Hall–Kier alpha value is -0.850. The van der Waals surface area contributed by atoms with E-state index in [2.05, 4.69) is 31.9 Å². The molecule has 0 aliphatic carbocycles. The highest BCUT2D eigenvalue weighted by Gasteiger charge is 2.18. The van der Waals surface area contributed by atoms with Crippen LogP contribution in [0.3, 0.4) is 0 Å². The standard InChI is InChI=1S/C15H15Br2NO2S/c1-3-18(9-11-5-7-14(17)21-11)15(19)12-8-10(20-2)4-6-13(12)16/h4-8H,3,9H2,1-2H3. The van der Waals surface area contributed by atoms with E-state index < -0.39 is 0 Å². The Morgan fingerprint density at radius 2 is 2.05 bits per heavy atom. The van der Waals surface area contributed by atoms with Crippen molar-refractivity contribution in [2.75, 3.05) is 13.7 Å². The second-order valence-corrected chi connectivity index (χ2v) is 7.77. The lowest BCUT2D eigenvalue weighted by atomic mass is 10.2. The molecule has 1 amide bonds. The first-order chi connectivity index (χ1) is 10.0. The van der Waals surface area contributed by atoms with Gasteiger partial charge in [-0.1, -0.05) is 0 Å². The van der Waals surface area contributed by atoms with Crippen LogP contribution in [0.1, 0.15) is 22.2 Å². The summed E-state index contributed by atoms with van der Waals surface area (Å²) in [4.78, 5) is 15.7. The molecule has 0 atom stereocenters. The Balaban J connectivity index is 2.23. The van der Waals surface area contributed by atoms with E-state index in [4.69, 9.17) is 4.74 Å². The molecular weight excluding hydrogens is 418 g/mol. The van der Waals surface area contributed by atoms with Gasteiger partial charge in [-0.25, -0.2) is 0 Å². The number of hydrogen-bond donors (Lipinski definition) is 0. The van der Waals surface area contributed by atoms with E-state index in [0.29, 0.717) is 24.4 Å². The molecule has 0 radical (unpaired) electrons. The van der Waals surface area contributed by atoms with E-state index in [1.807, 2.05) is 36.1 Å². The molecule has 0 unspecified atom stereocenters. The summed E-state index contributed by atoms with van der Waals surface area (Å²) in [6, 6.07) is 9.46. The van der Waals surface area contributed by atoms with Crippen molar-refractivity contribution in [2.24, 2.45) is 0 Å². The van der Waals surface area contributed by atoms with Gasteiger partial charge in [-0.15, -0.1) is 11.3 Å². The predicted octanol–water partition coefficient (Wildman–Crippen LogP) is 4.94. The molecule has 0 spiro atoms. The first-order valence-corrected chi connectivity index (χ1v) is 8.82. The summed E-state index contributed by atoms with van der Waals surface area (Å²) in [7, 11) is 1.60. The van der Waals surface area contributed by atoms with Crippen molar-refractivity contribution in [2.45, 2.75) is 13.5 Å². The number of carbonyl (C=O) groups is 1. The summed E-state index contributed by atoms with van der Waals surface area (Å²) in [6.07, 6.45) is 0. The van der Waals surface area contributed by atoms with Gasteiger partial charge < -0.3 is 9.64 Å². The predicted molar refractivity (Wildman–Crippen MR) is 93.1 cm³/mol. The van der Waals surface area contributed by atoms with E-state index in [9.17, 15) is 4.79 Å². The number of carbonyl (C=O) groups excluding carboxylic acids is 1. The van der Waals surface area contributed by atoms with Crippen LogP contribution < -0.4 is 4.74 Å². The van der Waals surface area contributed by atoms with Crippen LogP contribution >= 0.6 is 43.2 Å². The second kappa shape index (κ2) is 7.42. The summed E-state index contributed by atoms with van der Waals surface area (Å²) in [5.74, 6) is 0.671. The highest BCUT2D eigenvalue weighted by Crippen LogP contribution is 2.26. The molecule has 1 aromatic heterocycles. The van der Waals surface area contributed by atoms with Gasteiger partial charge >= 0.3 is 0 Å². The Bertz CT molecular complexity index is 642. The number of ether oxygens (including phenoxy) is 1. The van der Waals surface area contributed by atoms with Gasteiger partial charge in [0.2, 0.25) is 0 Å². The highest BCUT2D eigenvalue weighted by molar-refractivity contribution is 9.11. The monoisotopic (exact) mass is 431 g/mol. The van der Waals surface area contributed by atoms with Crippen molar-refractivity contribution in [1.29, 1.82) is 0 Å². The number of halogens is 2. The Kier molecular flexibility index (Phi) is 5.84. The maximum absolute atomic E-state index is 12.7. The highest BCUT2D eigenvalue weighted by atomic mass is 79.9. The number of benzene rings is 1. The average Bonchev–Trinajstić information content (AvgIpc) is 2.90. The second-order valence-electron chi connectivity index (χ2n) is 4.37. The lowest BCUT2D eigenvalue weighted by Gasteiger charge is -2.21. The molecule has 0 fully saturated rings. The smallest absolute Gasteiger partial charge is 0.255 e. The summed E-state index contributed by atoms with van der Waals surface area (Å²) < 4.78 is 7.05. The molecule has 1 aromatic carbocycles. The van der Waals surface area contributed by atoms with Gasteiger partial charge in [0.15, 0.2) is 0 Å². The van der Waals surface area contributed by atoms with Crippen LogP contribution in [0.2, 0.25) is 0 Å². The van der Waals surface area contributed by atoms with Gasteiger partial charge in [-0.3, -0.25) is 4.79 Å². The van der Waals surface area contributed by atoms with E-state index in [-0.39, 0.29) is 5.91 Å². The molecule has 6 heteroatoms. The fourth-order valence-electron chi connectivity index (χ4n) is 1.92. The zero-order valence-corrected chi connectivity index (χ0v) is 15.7. The van der Waals surface area contributed by atoms with Gasteiger partial charge in [0.25, 0.3) is 5.91 Å². The molecule has 1 heterocycles. The third-order valence-corrected chi connectivity index (χ3v) is 5.35. The molecule has 2 aromatic rings. The topological polar surface area (TPSA) is 29.5 Å². The van der Waals surface area contributed by atoms with Gasteiger partial charge in [0.05, 0.1) is 23.0 Å². The van der Waals surface area contributed by atoms with Crippen molar-refractivity contribution >= 4 is 49.1 Å². The summed E-state index contributed by atoms with van der Waals surface area (Å²) >= 11 is 8.53. The molecule has 0 saturated carbocycles. The molecule has 2 rings (SSSR count). The lowest BCUT2D eigenvalue weighted by molar-refractivity contribution is 0.0753. The van der Waals surface area contributed by atoms with Crippen LogP contribution in [0.4, 0.5) is 0 Å². The molecule has 0 N–H and O–H groups in total. The number of rotatable bonds is 5. The van der Waals surface area contributed by atoms with Gasteiger partial charge in [0.1, 0.15) is 5.75 Å². The first kappa shape index (κ1) is 16.5. The Morgan fingerprint density at radius 3 is 2.62 bits per heavy atom. The molecule has 0 saturated heterocycles. The number of nitrogens with zero attached hydrogens (tertiary/aromatic N) is 1. The quantitative estimate of drug-likeness (QED) is 0.669. The number of methoxy groups -OCH3 is 1. The normalized spacial score (nSPS) is 10.5. The summed E-state index contributed by atoms with van der Waals surface area (Å²) in [5, 5.41) is 0. The fourth-order valence-corrected chi connectivity index (χ4v) is 3.83. The van der Waals surface area contributed by atoms with Crippen molar-refractivity contribution < 1.29 is 9.53 Å². The largest absolute Gasteiger partial charge is 0.497 e. The van der Waals surface area contributed by atoms with E-state index in [0.717, 1.165) is 13.1 Å². The van der Waals surface area contributed by atoms with Crippen molar-refractivity contribution in [3.05, 3.63) is 49.0 Å². The van der Waals surface area contributed by atoms with E-state index >= 15 is 0 Å². The maximum atomic E-state index is 12.7. The van der Waals surface area contributed by atoms with Gasteiger partial charge in [-0.05, 0) is 69.1 Å². The zero-order chi connectivity index (χ0) is 15.4. The zero-order valence-electron chi connectivity index (χ0n) is 11.7. The van der Waals surface area contributed by atoms with Crippen molar-refractivity contribution in [1.82, 2.24) is 4.90 Å². The molecule has 0 aliphatic rings. The average molecular weight is 433 g/mol. The molecule has 3 nitrogen and oxygen atoms in total. The minimum Gasteiger partial charge on any atom is -0.497 e. The number of thiophene rings is 1. The molecule has 0 bridgehead atoms. The third-order valence-electron chi connectivity index (χ3n) is 3.05. The fraction of sp³-hybridized carbons (Fsp3) is 0.267. The van der Waals surface area contributed by atoms with Crippen LogP contribution in [0.15, 0.2) is 38.6 Å². The SMILES string of the molecule is CCN(Cc1ccc(Br)s1)C(=O)c1cc(OC)ccc1Br. The van der Waals surface area contributed by atoms with E-state index in [1.54, 1.807) is 24.5 Å². The van der Waals surface area contributed by atoms with Crippen LogP contribution in [0.25, 0.3) is 0 Å². The molecule has 112 valence electrons. The maximum Gasteiger partial charge on any atom is 0.255 e. The van der Waals surface area contributed by atoms with Crippen LogP contribution in [0.5, 0.6) is 5.75 Å². The van der Waals surface area contributed by atoms with Crippen molar-refractivity contribution in [3.8, 4) is 5.75 Å². The van der Waals surface area contributed by atoms with Crippen LogP contribution in [-0.2, 0) is 6.54 Å². The van der Waals surface area contributed by atoms with Crippen LogP contribution in [-0.4, -0.2) is 24.5 Å². The van der Waals surface area contributed by atoms with Gasteiger partial charge in [0, 0.05) is 15.9 Å². The Labute approximate surface area is 145 Å². The number of amides is 1. The summed E-state index contributed by atoms with van der Waals surface area (Å²) in [5.41, 5.74) is 0.617. The minimum absolute atomic E-state index is 0.00667. The molecule has 0 aliphatic heterocycles. The van der Waals surface area contributed by atoms with E-state index in [1.165, 1.54) is 0 Å². The lowest BCUT2D eigenvalue weighted by Crippen LogP contribution is -2.30. The molecule has 21 heavy (non-hydrogen) atoms. The molecular formula is C15H15Br2NO2S. The number of hydrogen-bond acceptors (Lipinski definition) is 3. The van der Waals surface area contributed by atoms with Crippen molar-refractivity contribution in [3.63, 3.8) is 0 Å². The van der Waals surface area contributed by atoms with Gasteiger partial charge in [-0.2, -0.15) is 0 Å². The van der Waals surface area contributed by atoms with Crippen LogP contribution in [0, 0.1) is 0 Å².